The first-order valence-corrected chi connectivity index (χ1v) is 7.68. The van der Waals surface area contributed by atoms with E-state index in [1.807, 2.05) is 17.6 Å². The van der Waals surface area contributed by atoms with Crippen molar-refractivity contribution in [1.29, 1.82) is 0 Å². The number of imidazole rings is 1. The van der Waals surface area contributed by atoms with Crippen LogP contribution < -0.4 is 10.2 Å². The van der Waals surface area contributed by atoms with Crippen LogP contribution in [0.15, 0.2) is 42.7 Å². The molecule has 22 heavy (non-hydrogen) atoms. The van der Waals surface area contributed by atoms with Crippen LogP contribution in [0.4, 0.5) is 5.69 Å². The van der Waals surface area contributed by atoms with Crippen LogP contribution >= 0.6 is 0 Å². The van der Waals surface area contributed by atoms with Crippen LogP contribution in [0.5, 0.6) is 0 Å². The molecule has 5 heteroatoms. The smallest absolute Gasteiger partial charge is 0.154 e. The van der Waals surface area contributed by atoms with Gasteiger partial charge in [0.2, 0.25) is 0 Å². The van der Waals surface area contributed by atoms with Crippen molar-refractivity contribution in [1.82, 2.24) is 19.9 Å². The zero-order chi connectivity index (χ0) is 14.9. The molecule has 0 bridgehead atoms. The van der Waals surface area contributed by atoms with Gasteiger partial charge in [0, 0.05) is 49.8 Å². The Bertz CT molecular complexity index is 784. The Morgan fingerprint density at radius 1 is 1.09 bits per heavy atom. The molecule has 112 valence electrons. The lowest BCUT2D eigenvalue weighted by Crippen LogP contribution is -2.43. The molecule has 3 aromatic rings. The summed E-state index contributed by atoms with van der Waals surface area (Å²) >= 11 is 0. The Hall–Kier alpha value is -2.40. The summed E-state index contributed by atoms with van der Waals surface area (Å²) in [7, 11) is 0. The van der Waals surface area contributed by atoms with Gasteiger partial charge in [-0.25, -0.2) is 9.50 Å². The van der Waals surface area contributed by atoms with Crippen molar-refractivity contribution in [3.8, 4) is 11.1 Å². The number of nitrogens with one attached hydrogen (secondary N) is 1. The first-order chi connectivity index (χ1) is 10.8. The molecule has 1 fully saturated rings. The summed E-state index contributed by atoms with van der Waals surface area (Å²) in [4.78, 5) is 6.74. The number of fused-ring (bicyclic) bond motifs is 1. The Morgan fingerprint density at radius 3 is 2.64 bits per heavy atom. The standard InChI is InChI=1S/C17H19N5/c1-13-16(12-17-19-8-11-22(17)20-13)14-2-4-15(5-3-14)21-9-6-18-7-10-21/h2-5,8,11-12,18H,6-7,9-10H2,1H3. The minimum atomic E-state index is 0.881. The molecule has 1 aromatic carbocycles. The van der Waals surface area contributed by atoms with Crippen molar-refractivity contribution in [3.63, 3.8) is 0 Å². The summed E-state index contributed by atoms with van der Waals surface area (Å²) in [5.41, 5.74) is 5.52. The highest BCUT2D eigenvalue weighted by molar-refractivity contribution is 5.71. The molecule has 0 unspecified atom stereocenters. The topological polar surface area (TPSA) is 45.5 Å². The van der Waals surface area contributed by atoms with Crippen molar-refractivity contribution in [3.05, 3.63) is 48.4 Å². The van der Waals surface area contributed by atoms with Gasteiger partial charge in [-0.05, 0) is 30.7 Å². The molecule has 1 saturated heterocycles. The van der Waals surface area contributed by atoms with Crippen LogP contribution in [0.3, 0.4) is 0 Å². The Labute approximate surface area is 129 Å². The summed E-state index contributed by atoms with van der Waals surface area (Å²) in [6.07, 6.45) is 3.65. The summed E-state index contributed by atoms with van der Waals surface area (Å²) in [6, 6.07) is 10.9. The van der Waals surface area contributed by atoms with Gasteiger partial charge in [-0.2, -0.15) is 5.10 Å². The van der Waals surface area contributed by atoms with E-state index >= 15 is 0 Å². The molecular weight excluding hydrogens is 274 g/mol. The molecule has 1 N–H and O–H groups in total. The molecule has 3 heterocycles. The number of nitrogens with zero attached hydrogens (tertiary/aromatic N) is 4. The van der Waals surface area contributed by atoms with Gasteiger partial charge in [-0.15, -0.1) is 0 Å². The number of benzene rings is 1. The molecule has 0 saturated carbocycles. The van der Waals surface area contributed by atoms with Crippen molar-refractivity contribution < 1.29 is 0 Å². The van der Waals surface area contributed by atoms with Crippen LogP contribution in [0.1, 0.15) is 5.69 Å². The molecule has 0 atom stereocenters. The Kier molecular flexibility index (Phi) is 3.27. The maximum atomic E-state index is 4.56. The van der Waals surface area contributed by atoms with E-state index in [-0.39, 0.29) is 0 Å². The van der Waals surface area contributed by atoms with E-state index < -0.39 is 0 Å². The van der Waals surface area contributed by atoms with Gasteiger partial charge in [0.25, 0.3) is 0 Å². The lowest BCUT2D eigenvalue weighted by molar-refractivity contribution is 0.589. The summed E-state index contributed by atoms with van der Waals surface area (Å²) in [5.74, 6) is 0. The third-order valence-corrected chi connectivity index (χ3v) is 4.23. The van der Waals surface area contributed by atoms with Gasteiger partial charge in [0.15, 0.2) is 5.65 Å². The molecule has 0 radical (unpaired) electrons. The Morgan fingerprint density at radius 2 is 1.86 bits per heavy atom. The number of rotatable bonds is 2. The minimum Gasteiger partial charge on any atom is -0.369 e. The number of aromatic nitrogens is 3. The van der Waals surface area contributed by atoms with Gasteiger partial charge in [0.1, 0.15) is 0 Å². The van der Waals surface area contributed by atoms with E-state index in [1.54, 1.807) is 6.20 Å². The molecule has 0 spiro atoms. The summed E-state index contributed by atoms with van der Waals surface area (Å²) in [5, 5.41) is 7.94. The van der Waals surface area contributed by atoms with Crippen molar-refractivity contribution in [2.75, 3.05) is 31.1 Å². The number of hydrogen-bond acceptors (Lipinski definition) is 4. The maximum Gasteiger partial charge on any atom is 0.154 e. The fourth-order valence-corrected chi connectivity index (χ4v) is 3.01. The van der Waals surface area contributed by atoms with Crippen LogP contribution in [-0.4, -0.2) is 40.8 Å². The van der Waals surface area contributed by atoms with E-state index in [0.717, 1.165) is 43.1 Å². The maximum absolute atomic E-state index is 4.56. The van der Waals surface area contributed by atoms with E-state index in [4.69, 9.17) is 0 Å². The van der Waals surface area contributed by atoms with Crippen LogP contribution in [0.2, 0.25) is 0 Å². The van der Waals surface area contributed by atoms with Gasteiger partial charge in [-0.1, -0.05) is 12.1 Å². The average Bonchev–Trinajstić information content (AvgIpc) is 3.02. The second-order valence-corrected chi connectivity index (χ2v) is 5.66. The predicted molar refractivity (Wildman–Crippen MR) is 88.2 cm³/mol. The van der Waals surface area contributed by atoms with E-state index in [9.17, 15) is 0 Å². The lowest BCUT2D eigenvalue weighted by atomic mass is 10.0. The quantitative estimate of drug-likeness (QED) is 0.786. The van der Waals surface area contributed by atoms with Crippen LogP contribution in [0, 0.1) is 6.92 Å². The largest absolute Gasteiger partial charge is 0.369 e. The number of anilines is 1. The van der Waals surface area contributed by atoms with Crippen LogP contribution in [0.25, 0.3) is 16.8 Å². The number of piperazine rings is 1. The SMILES string of the molecule is Cc1nn2ccnc2cc1-c1ccc(N2CCNCC2)cc1. The minimum absolute atomic E-state index is 0.881. The molecule has 0 amide bonds. The predicted octanol–water partition coefficient (Wildman–Crippen LogP) is 2.11. The first-order valence-electron chi connectivity index (χ1n) is 7.68. The fraction of sp³-hybridized carbons (Fsp3) is 0.294. The van der Waals surface area contributed by atoms with Crippen molar-refractivity contribution in [2.24, 2.45) is 0 Å². The highest BCUT2D eigenvalue weighted by Crippen LogP contribution is 2.26. The number of hydrogen-bond donors (Lipinski definition) is 1. The Balaban J connectivity index is 1.67. The zero-order valence-electron chi connectivity index (χ0n) is 12.7. The molecule has 4 rings (SSSR count). The third kappa shape index (κ3) is 2.33. The fourth-order valence-electron chi connectivity index (χ4n) is 3.01. The molecule has 1 aliphatic heterocycles. The van der Waals surface area contributed by atoms with Gasteiger partial charge in [-0.3, -0.25) is 0 Å². The van der Waals surface area contributed by atoms with Gasteiger partial charge < -0.3 is 10.2 Å². The van der Waals surface area contributed by atoms with E-state index in [0.29, 0.717) is 0 Å². The normalized spacial score (nSPS) is 15.4. The molecule has 1 aliphatic rings. The molecular formula is C17H19N5. The molecule has 5 nitrogen and oxygen atoms in total. The summed E-state index contributed by atoms with van der Waals surface area (Å²) in [6.45, 7) is 6.29. The average molecular weight is 293 g/mol. The van der Waals surface area contributed by atoms with Crippen molar-refractivity contribution >= 4 is 11.3 Å². The highest BCUT2D eigenvalue weighted by atomic mass is 15.2. The molecule has 0 aliphatic carbocycles. The third-order valence-electron chi connectivity index (χ3n) is 4.23. The van der Waals surface area contributed by atoms with E-state index in [2.05, 4.69) is 50.6 Å². The monoisotopic (exact) mass is 293 g/mol. The van der Waals surface area contributed by atoms with Crippen LogP contribution in [-0.2, 0) is 0 Å². The van der Waals surface area contributed by atoms with Gasteiger partial charge >= 0.3 is 0 Å². The van der Waals surface area contributed by atoms with Gasteiger partial charge in [0.05, 0.1) is 5.69 Å². The number of aryl methyl sites for hydroxylation is 1. The molecule has 2 aromatic heterocycles. The summed E-state index contributed by atoms with van der Waals surface area (Å²) < 4.78 is 1.81. The van der Waals surface area contributed by atoms with E-state index in [1.165, 1.54) is 11.3 Å². The second-order valence-electron chi connectivity index (χ2n) is 5.66. The van der Waals surface area contributed by atoms with Crippen molar-refractivity contribution in [2.45, 2.75) is 6.92 Å². The second kappa shape index (κ2) is 5.42. The zero-order valence-corrected chi connectivity index (χ0v) is 12.7. The highest BCUT2D eigenvalue weighted by Gasteiger charge is 2.11. The lowest BCUT2D eigenvalue weighted by Gasteiger charge is -2.29. The first kappa shape index (κ1) is 13.3.